The number of carbonyl (C=O) groups excluding carboxylic acids is 1. The second kappa shape index (κ2) is 3.44. The average molecular weight is 170 g/mol. The van der Waals surface area contributed by atoms with Gasteiger partial charge in [-0.3, -0.25) is 4.79 Å². The van der Waals surface area contributed by atoms with Gasteiger partial charge in [-0.2, -0.15) is 0 Å². The maximum Gasteiger partial charge on any atom is 0.237 e. The van der Waals surface area contributed by atoms with E-state index in [2.05, 4.69) is 6.92 Å². The maximum absolute atomic E-state index is 11.1. The summed E-state index contributed by atoms with van der Waals surface area (Å²) in [6, 6.07) is 0. The lowest BCUT2D eigenvalue weighted by atomic mass is 9.72. The van der Waals surface area contributed by atoms with Crippen LogP contribution in [0.4, 0.5) is 0 Å². The van der Waals surface area contributed by atoms with Gasteiger partial charge in [-0.05, 0) is 18.8 Å². The van der Waals surface area contributed by atoms with Crippen molar-refractivity contribution in [2.24, 2.45) is 17.4 Å². The van der Waals surface area contributed by atoms with Gasteiger partial charge in [0, 0.05) is 0 Å². The Kier molecular flexibility index (Phi) is 2.73. The van der Waals surface area contributed by atoms with Gasteiger partial charge in [0.15, 0.2) is 0 Å². The molecule has 1 aliphatic carbocycles. The Morgan fingerprint density at radius 1 is 1.58 bits per heavy atom. The van der Waals surface area contributed by atoms with Gasteiger partial charge in [0.1, 0.15) is 0 Å². The predicted molar refractivity (Wildman–Crippen MR) is 48.4 cm³/mol. The molecule has 1 fully saturated rings. The fraction of sp³-hybridized carbons (Fsp3) is 0.889. The van der Waals surface area contributed by atoms with Crippen LogP contribution in [0.3, 0.4) is 0 Å². The number of carbonyl (C=O) groups is 1. The molecule has 3 nitrogen and oxygen atoms in total. The Balaban J connectivity index is 2.75. The standard InChI is InChI=1S/C9H18N2O/c1-2-7-5-3-4-6-9(7,11)8(10)12/h7H,2-6,11H2,1H3,(H2,10,12). The van der Waals surface area contributed by atoms with Crippen LogP contribution in [0.5, 0.6) is 0 Å². The molecule has 0 heterocycles. The fourth-order valence-corrected chi connectivity index (χ4v) is 2.16. The summed E-state index contributed by atoms with van der Waals surface area (Å²) in [4.78, 5) is 11.1. The van der Waals surface area contributed by atoms with Crippen LogP contribution in [0.15, 0.2) is 0 Å². The minimum absolute atomic E-state index is 0.295. The number of primary amides is 1. The van der Waals surface area contributed by atoms with E-state index >= 15 is 0 Å². The third-order valence-electron chi connectivity index (χ3n) is 3.07. The smallest absolute Gasteiger partial charge is 0.237 e. The topological polar surface area (TPSA) is 69.1 Å². The number of amides is 1. The molecule has 0 spiro atoms. The van der Waals surface area contributed by atoms with Crippen LogP contribution in [-0.4, -0.2) is 11.4 Å². The van der Waals surface area contributed by atoms with Crippen LogP contribution in [0.25, 0.3) is 0 Å². The minimum atomic E-state index is -0.715. The zero-order valence-electron chi connectivity index (χ0n) is 7.68. The van der Waals surface area contributed by atoms with Crippen molar-refractivity contribution in [3.63, 3.8) is 0 Å². The van der Waals surface area contributed by atoms with E-state index in [-0.39, 0.29) is 5.91 Å². The molecule has 0 radical (unpaired) electrons. The van der Waals surface area contributed by atoms with Gasteiger partial charge in [-0.1, -0.05) is 26.2 Å². The van der Waals surface area contributed by atoms with Crippen molar-refractivity contribution >= 4 is 5.91 Å². The molecule has 4 N–H and O–H groups in total. The SMILES string of the molecule is CCC1CCCCC1(N)C(N)=O. The van der Waals surface area contributed by atoms with E-state index in [0.717, 1.165) is 25.7 Å². The molecule has 2 atom stereocenters. The molecule has 3 heteroatoms. The van der Waals surface area contributed by atoms with Gasteiger partial charge >= 0.3 is 0 Å². The number of rotatable bonds is 2. The normalized spacial score (nSPS) is 36.3. The second-order valence-electron chi connectivity index (χ2n) is 3.76. The molecule has 12 heavy (non-hydrogen) atoms. The van der Waals surface area contributed by atoms with Crippen molar-refractivity contribution in [1.29, 1.82) is 0 Å². The Morgan fingerprint density at radius 2 is 2.25 bits per heavy atom. The number of hydrogen-bond donors (Lipinski definition) is 2. The van der Waals surface area contributed by atoms with Gasteiger partial charge in [-0.25, -0.2) is 0 Å². The van der Waals surface area contributed by atoms with Gasteiger partial charge in [0.2, 0.25) is 5.91 Å². The average Bonchev–Trinajstić information content (AvgIpc) is 2.05. The highest BCUT2D eigenvalue weighted by Gasteiger charge is 2.40. The highest BCUT2D eigenvalue weighted by atomic mass is 16.1. The summed E-state index contributed by atoms with van der Waals surface area (Å²) in [5.74, 6) is -0.0298. The Bertz CT molecular complexity index is 181. The second-order valence-corrected chi connectivity index (χ2v) is 3.76. The fourth-order valence-electron chi connectivity index (χ4n) is 2.16. The third kappa shape index (κ3) is 1.46. The van der Waals surface area contributed by atoms with Crippen molar-refractivity contribution in [3.05, 3.63) is 0 Å². The van der Waals surface area contributed by atoms with Crippen molar-refractivity contribution in [1.82, 2.24) is 0 Å². The Labute approximate surface area is 73.5 Å². The first kappa shape index (κ1) is 9.52. The van der Waals surface area contributed by atoms with E-state index in [1.54, 1.807) is 0 Å². The van der Waals surface area contributed by atoms with Crippen molar-refractivity contribution in [2.75, 3.05) is 0 Å². The molecular weight excluding hydrogens is 152 g/mol. The van der Waals surface area contributed by atoms with E-state index in [1.165, 1.54) is 6.42 Å². The molecule has 1 rings (SSSR count). The summed E-state index contributed by atoms with van der Waals surface area (Å²) in [5.41, 5.74) is 10.6. The molecule has 1 aliphatic rings. The van der Waals surface area contributed by atoms with Crippen LogP contribution >= 0.6 is 0 Å². The lowest BCUT2D eigenvalue weighted by Crippen LogP contribution is -2.58. The molecule has 1 saturated carbocycles. The zero-order chi connectivity index (χ0) is 9.19. The zero-order valence-corrected chi connectivity index (χ0v) is 7.68. The van der Waals surface area contributed by atoms with Gasteiger partial charge in [0.05, 0.1) is 5.54 Å². The summed E-state index contributed by atoms with van der Waals surface area (Å²) in [7, 11) is 0. The lowest BCUT2D eigenvalue weighted by molar-refractivity contribution is -0.126. The van der Waals surface area contributed by atoms with Gasteiger partial charge < -0.3 is 11.5 Å². The summed E-state index contributed by atoms with van der Waals surface area (Å²) in [6.07, 6.45) is 5.00. The largest absolute Gasteiger partial charge is 0.368 e. The highest BCUT2D eigenvalue weighted by Crippen LogP contribution is 2.33. The van der Waals surface area contributed by atoms with E-state index < -0.39 is 5.54 Å². The van der Waals surface area contributed by atoms with Crippen LogP contribution in [-0.2, 0) is 4.79 Å². The van der Waals surface area contributed by atoms with E-state index in [1.807, 2.05) is 0 Å². The molecule has 0 aromatic heterocycles. The molecule has 1 amide bonds. The third-order valence-corrected chi connectivity index (χ3v) is 3.07. The Hall–Kier alpha value is -0.570. The van der Waals surface area contributed by atoms with Crippen molar-refractivity contribution in [2.45, 2.75) is 44.6 Å². The molecule has 0 aromatic carbocycles. The number of nitrogens with two attached hydrogens (primary N) is 2. The molecule has 70 valence electrons. The van der Waals surface area contributed by atoms with Crippen LogP contribution in [0.1, 0.15) is 39.0 Å². The molecular formula is C9H18N2O. The molecule has 0 saturated heterocycles. The first-order chi connectivity index (χ1) is 5.61. The highest BCUT2D eigenvalue weighted by molar-refractivity contribution is 5.84. The maximum atomic E-state index is 11.1. The number of hydrogen-bond acceptors (Lipinski definition) is 2. The molecule has 0 bridgehead atoms. The molecule has 0 aliphatic heterocycles. The molecule has 0 aromatic rings. The van der Waals surface area contributed by atoms with Crippen LogP contribution in [0.2, 0.25) is 0 Å². The van der Waals surface area contributed by atoms with Crippen molar-refractivity contribution in [3.8, 4) is 0 Å². The quantitative estimate of drug-likeness (QED) is 0.642. The van der Waals surface area contributed by atoms with Gasteiger partial charge in [-0.15, -0.1) is 0 Å². The Morgan fingerprint density at radius 3 is 2.67 bits per heavy atom. The van der Waals surface area contributed by atoms with E-state index in [4.69, 9.17) is 11.5 Å². The van der Waals surface area contributed by atoms with Crippen molar-refractivity contribution < 1.29 is 4.79 Å². The lowest BCUT2D eigenvalue weighted by Gasteiger charge is -2.38. The molecule has 2 unspecified atom stereocenters. The minimum Gasteiger partial charge on any atom is -0.368 e. The summed E-state index contributed by atoms with van der Waals surface area (Å²) < 4.78 is 0. The first-order valence-corrected chi connectivity index (χ1v) is 4.70. The van der Waals surface area contributed by atoms with E-state index in [9.17, 15) is 4.79 Å². The summed E-state index contributed by atoms with van der Waals surface area (Å²) in [6.45, 7) is 2.07. The van der Waals surface area contributed by atoms with Crippen LogP contribution < -0.4 is 11.5 Å². The van der Waals surface area contributed by atoms with Crippen LogP contribution in [0, 0.1) is 5.92 Å². The predicted octanol–water partition coefficient (Wildman–Crippen LogP) is 0.769. The van der Waals surface area contributed by atoms with E-state index in [0.29, 0.717) is 5.92 Å². The summed E-state index contributed by atoms with van der Waals surface area (Å²) >= 11 is 0. The monoisotopic (exact) mass is 170 g/mol. The summed E-state index contributed by atoms with van der Waals surface area (Å²) in [5, 5.41) is 0. The first-order valence-electron chi connectivity index (χ1n) is 4.70. The van der Waals surface area contributed by atoms with Gasteiger partial charge in [0.25, 0.3) is 0 Å².